The second-order valence-corrected chi connectivity index (χ2v) is 26.1. The molecule has 0 spiro atoms. The van der Waals surface area contributed by atoms with Crippen molar-refractivity contribution in [2.45, 2.75) is 399 Å². The van der Waals surface area contributed by atoms with Crippen LogP contribution in [0.25, 0.3) is 0 Å². The van der Waals surface area contributed by atoms with Gasteiger partial charge in [0.05, 0.1) is 13.2 Å². The number of carbonyl (C=O) groups excluding carboxylic acids is 4. The molecule has 0 heterocycles. The highest BCUT2D eigenvalue weighted by Gasteiger charge is 2.29. The second kappa shape index (κ2) is 64.5. The number of phosphoric ester groups is 1. The summed E-state index contributed by atoms with van der Waals surface area (Å²) in [6.07, 6.45) is 60.2. The molecule has 83 heavy (non-hydrogen) atoms. The Morgan fingerprint density at radius 1 is 0.265 bits per heavy atom. The average Bonchev–Trinajstić information content (AvgIpc) is 3.47. The Kier molecular flexibility index (Phi) is 62.9. The van der Waals surface area contributed by atoms with E-state index in [4.69, 9.17) is 28.0 Å². The number of esters is 4. The molecule has 0 saturated carbocycles. The molecule has 492 valence electrons. The molecule has 2 atom stereocenters. The van der Waals surface area contributed by atoms with Crippen LogP contribution in [0.5, 0.6) is 0 Å². The summed E-state index contributed by atoms with van der Waals surface area (Å²) in [6, 6.07) is 0. The molecule has 0 radical (unpaired) electrons. The molecule has 1 N–H and O–H groups in total. The largest absolute Gasteiger partial charge is 0.472 e. The minimum atomic E-state index is -4.84. The monoisotopic (exact) mass is 1200 g/mol. The third kappa shape index (κ3) is 62.8. The molecule has 0 aromatic heterocycles. The number of carbonyl (C=O) groups is 4. The lowest BCUT2D eigenvalue weighted by molar-refractivity contribution is -0.162. The van der Waals surface area contributed by atoms with E-state index in [-0.39, 0.29) is 38.9 Å². The molecule has 0 fully saturated rings. The van der Waals surface area contributed by atoms with E-state index in [2.05, 4.69) is 27.7 Å². The van der Waals surface area contributed by atoms with Crippen LogP contribution in [0.2, 0.25) is 0 Å². The molecule has 0 saturated heterocycles. The highest BCUT2D eigenvalue weighted by molar-refractivity contribution is 7.47. The first-order valence-corrected chi connectivity index (χ1v) is 37.4. The fourth-order valence-electron chi connectivity index (χ4n) is 10.8. The Hall–Kier alpha value is -2.01. The zero-order chi connectivity index (χ0) is 60.6. The van der Waals surface area contributed by atoms with Gasteiger partial charge in [-0.05, 0) is 25.7 Å². The van der Waals surface area contributed by atoms with Gasteiger partial charge in [-0.2, -0.15) is 0 Å². The van der Waals surface area contributed by atoms with E-state index in [1.165, 1.54) is 231 Å². The summed E-state index contributed by atoms with van der Waals surface area (Å²) in [6.45, 7) is 7.18. The van der Waals surface area contributed by atoms with Gasteiger partial charge < -0.3 is 23.8 Å². The predicted octanol–water partition coefficient (Wildman–Crippen LogP) is 22.0. The number of ether oxygens (including phenoxy) is 4. The van der Waals surface area contributed by atoms with Crippen LogP contribution in [0.1, 0.15) is 387 Å². The van der Waals surface area contributed by atoms with E-state index >= 15 is 0 Å². The smallest absolute Gasteiger partial charge is 0.462 e. The first kappa shape index (κ1) is 81.0. The molecular formula is C70H135O12P. The zero-order valence-corrected chi connectivity index (χ0v) is 55.9. The second-order valence-electron chi connectivity index (χ2n) is 24.6. The minimum absolute atomic E-state index is 0.166. The molecule has 0 amide bonds. The lowest BCUT2D eigenvalue weighted by Gasteiger charge is -2.22. The maximum atomic E-state index is 13.4. The topological polar surface area (TPSA) is 161 Å². The zero-order valence-electron chi connectivity index (χ0n) is 55.0. The quantitative estimate of drug-likeness (QED) is 0.0266. The average molecular weight is 1200 g/mol. The van der Waals surface area contributed by atoms with Crippen molar-refractivity contribution in [1.29, 1.82) is 0 Å². The predicted molar refractivity (Wildman–Crippen MR) is 345 cm³/mol. The van der Waals surface area contributed by atoms with E-state index in [1.54, 1.807) is 0 Å². The maximum Gasteiger partial charge on any atom is 0.472 e. The van der Waals surface area contributed by atoms with Crippen LogP contribution in [0.4, 0.5) is 0 Å². The van der Waals surface area contributed by atoms with Gasteiger partial charge in [-0.3, -0.25) is 28.2 Å². The van der Waals surface area contributed by atoms with Crippen LogP contribution >= 0.6 is 7.82 Å². The summed E-state index contributed by atoms with van der Waals surface area (Å²) in [7, 11) is -4.84. The van der Waals surface area contributed by atoms with Crippen LogP contribution in [0.3, 0.4) is 0 Å². The summed E-state index contributed by atoms with van der Waals surface area (Å²) in [5.74, 6) is -1.86. The molecule has 0 bridgehead atoms. The van der Waals surface area contributed by atoms with E-state index < -0.39 is 57.1 Å². The van der Waals surface area contributed by atoms with E-state index in [1.807, 2.05) is 0 Å². The first-order chi connectivity index (χ1) is 40.6. The van der Waals surface area contributed by atoms with Gasteiger partial charge in [0.2, 0.25) is 0 Å². The van der Waals surface area contributed by atoms with Crippen molar-refractivity contribution in [3.8, 4) is 0 Å². The molecule has 0 aromatic carbocycles. The van der Waals surface area contributed by atoms with Crippen molar-refractivity contribution in [1.82, 2.24) is 0 Å². The lowest BCUT2D eigenvalue weighted by Crippen LogP contribution is -2.31. The molecular weight excluding hydrogens is 1060 g/mol. The van der Waals surface area contributed by atoms with Gasteiger partial charge in [-0.25, -0.2) is 4.57 Å². The van der Waals surface area contributed by atoms with E-state index in [0.717, 1.165) is 77.0 Å². The van der Waals surface area contributed by atoms with E-state index in [0.29, 0.717) is 25.7 Å². The third-order valence-corrected chi connectivity index (χ3v) is 17.2. The molecule has 0 aliphatic rings. The standard InChI is InChI=1S/C70H135O12P/c1-5-9-13-17-21-25-29-33-37-41-45-49-53-57-67(71)77-61-65(81-69(73)59-55-51-47-43-39-35-31-27-23-19-15-11-7-3)63-79-83(75,76)80-64-66(82-70(74)60-56-52-48-44-40-36-32-28-24-20-16-12-8-4)62-78-68(72)58-54-50-46-42-38-34-30-26-22-18-14-10-6-2/h65-66H,5-64H2,1-4H3,(H,75,76). The summed E-state index contributed by atoms with van der Waals surface area (Å²) in [4.78, 5) is 62.8. The summed E-state index contributed by atoms with van der Waals surface area (Å²) >= 11 is 0. The number of hydrogen-bond donors (Lipinski definition) is 1. The van der Waals surface area contributed by atoms with Gasteiger partial charge in [0.1, 0.15) is 13.2 Å². The SMILES string of the molecule is CCCCCCCCCCCCCCCC(=O)OCC(COP(=O)(O)OCC(COC(=O)CCCCCCCCCCCCCCC)OC(=O)CCCCCCCCCCCCCCC)OC(=O)CCCCCCCCCCCCCCC. The van der Waals surface area contributed by atoms with Gasteiger partial charge in [0, 0.05) is 25.7 Å². The Bertz CT molecular complexity index is 1360. The van der Waals surface area contributed by atoms with Gasteiger partial charge >= 0.3 is 31.7 Å². The van der Waals surface area contributed by atoms with Crippen molar-refractivity contribution in [3.63, 3.8) is 0 Å². The fourth-order valence-corrected chi connectivity index (χ4v) is 11.6. The summed E-state index contributed by atoms with van der Waals surface area (Å²) < 4.78 is 46.6. The maximum absolute atomic E-state index is 13.4. The van der Waals surface area contributed by atoms with Crippen molar-refractivity contribution >= 4 is 31.7 Å². The van der Waals surface area contributed by atoms with Crippen molar-refractivity contribution in [3.05, 3.63) is 0 Å². The Labute approximate surface area is 512 Å². The molecule has 0 aliphatic heterocycles. The minimum Gasteiger partial charge on any atom is -0.462 e. The summed E-state index contributed by atoms with van der Waals surface area (Å²) in [5.41, 5.74) is 0. The third-order valence-electron chi connectivity index (χ3n) is 16.2. The Morgan fingerprint density at radius 2 is 0.434 bits per heavy atom. The normalized spacial score (nSPS) is 13.0. The summed E-state index contributed by atoms with van der Waals surface area (Å²) in [5, 5.41) is 0. The van der Waals surface area contributed by atoms with Gasteiger partial charge in [0.25, 0.3) is 0 Å². The van der Waals surface area contributed by atoms with E-state index in [9.17, 15) is 28.6 Å². The van der Waals surface area contributed by atoms with Crippen LogP contribution < -0.4 is 0 Å². The number of phosphoric acid groups is 1. The number of unbranched alkanes of at least 4 members (excludes halogenated alkanes) is 48. The lowest BCUT2D eigenvalue weighted by atomic mass is 10.0. The van der Waals surface area contributed by atoms with Crippen LogP contribution in [0, 0.1) is 0 Å². The molecule has 2 unspecified atom stereocenters. The van der Waals surface area contributed by atoms with Crippen molar-refractivity contribution < 1.29 is 56.6 Å². The van der Waals surface area contributed by atoms with Crippen molar-refractivity contribution in [2.24, 2.45) is 0 Å². The Balaban J connectivity index is 5.31. The van der Waals surface area contributed by atoms with Crippen LogP contribution in [-0.2, 0) is 51.7 Å². The van der Waals surface area contributed by atoms with Crippen molar-refractivity contribution in [2.75, 3.05) is 26.4 Å². The highest BCUT2D eigenvalue weighted by atomic mass is 31.2. The Morgan fingerprint density at radius 3 is 0.627 bits per heavy atom. The number of hydrogen-bond acceptors (Lipinski definition) is 11. The van der Waals surface area contributed by atoms with Crippen LogP contribution in [0.15, 0.2) is 0 Å². The highest BCUT2D eigenvalue weighted by Crippen LogP contribution is 2.43. The van der Waals surface area contributed by atoms with Gasteiger partial charge in [-0.1, -0.05) is 336 Å². The fraction of sp³-hybridized carbons (Fsp3) is 0.943. The molecule has 0 aromatic rings. The molecule has 0 aliphatic carbocycles. The van der Waals surface area contributed by atoms with Gasteiger partial charge in [0.15, 0.2) is 12.2 Å². The molecule has 12 nitrogen and oxygen atoms in total. The number of rotatable bonds is 68. The van der Waals surface area contributed by atoms with Crippen LogP contribution in [-0.4, -0.2) is 67.4 Å². The first-order valence-electron chi connectivity index (χ1n) is 35.9. The van der Waals surface area contributed by atoms with Gasteiger partial charge in [-0.15, -0.1) is 0 Å². The molecule has 13 heteroatoms. The molecule has 0 rings (SSSR count).